The molecule has 1 rings (SSSR count). The second kappa shape index (κ2) is 8.94. The van der Waals surface area contributed by atoms with Crippen molar-refractivity contribution in [2.75, 3.05) is 39.1 Å². The fourth-order valence-corrected chi connectivity index (χ4v) is 2.29. The van der Waals surface area contributed by atoms with Crippen molar-refractivity contribution < 1.29 is 4.74 Å². The van der Waals surface area contributed by atoms with Gasteiger partial charge in [-0.25, -0.2) is 0 Å². The van der Waals surface area contributed by atoms with Gasteiger partial charge in [0.15, 0.2) is 0 Å². The number of nitrogens with two attached hydrogens (primary N) is 1. The number of hydrogen-bond donors (Lipinski definition) is 1. The van der Waals surface area contributed by atoms with Crippen molar-refractivity contribution in [3.05, 3.63) is 29.8 Å². The quantitative estimate of drug-likeness (QED) is 0.697. The lowest BCUT2D eigenvalue weighted by atomic mass is 10.1. The maximum atomic E-state index is 5.79. The summed E-state index contributed by atoms with van der Waals surface area (Å²) in [4.78, 5) is 2.49. The predicted octanol–water partition coefficient (Wildman–Crippen LogP) is 2.81. The maximum Gasteiger partial charge on any atom is 0.0589 e. The summed E-state index contributed by atoms with van der Waals surface area (Å²) in [6.45, 7) is 8.61. The first-order chi connectivity index (χ1) is 9.11. The molecule has 0 atom stereocenters. The van der Waals surface area contributed by atoms with Gasteiger partial charge in [-0.15, -0.1) is 0 Å². The summed E-state index contributed by atoms with van der Waals surface area (Å²) in [7, 11) is 1.76. The number of benzene rings is 1. The first-order valence-corrected chi connectivity index (χ1v) is 7.17. The summed E-state index contributed by atoms with van der Waals surface area (Å²) < 4.78 is 5.18. The van der Waals surface area contributed by atoms with Crippen LogP contribution in [-0.2, 0) is 11.2 Å². The van der Waals surface area contributed by atoms with E-state index >= 15 is 0 Å². The van der Waals surface area contributed by atoms with E-state index in [0.717, 1.165) is 38.3 Å². The Balaban J connectivity index is 2.34. The van der Waals surface area contributed by atoms with Gasteiger partial charge in [0.05, 0.1) is 6.61 Å². The van der Waals surface area contributed by atoms with Gasteiger partial charge in [-0.05, 0) is 43.0 Å². The molecule has 0 heterocycles. The number of aryl methyl sites for hydroxylation is 1. The van der Waals surface area contributed by atoms with Gasteiger partial charge in [-0.1, -0.05) is 26.0 Å². The van der Waals surface area contributed by atoms with E-state index in [4.69, 9.17) is 10.5 Å². The van der Waals surface area contributed by atoms with E-state index in [9.17, 15) is 0 Å². The molecule has 0 aliphatic heterocycles. The Hall–Kier alpha value is -1.06. The molecule has 19 heavy (non-hydrogen) atoms. The standard InChI is InChI=1S/C16H28N2O/c1-14(2)13-18(10-11-19-3)9-5-7-15-6-4-8-16(17)12-15/h4,6,8,12,14H,5,7,9-11,13,17H2,1-3H3. The lowest BCUT2D eigenvalue weighted by molar-refractivity contribution is 0.139. The smallest absolute Gasteiger partial charge is 0.0589 e. The predicted molar refractivity (Wildman–Crippen MR) is 82.3 cm³/mol. The fourth-order valence-electron chi connectivity index (χ4n) is 2.29. The van der Waals surface area contributed by atoms with Crippen LogP contribution in [0.3, 0.4) is 0 Å². The zero-order valence-corrected chi connectivity index (χ0v) is 12.6. The van der Waals surface area contributed by atoms with Crippen molar-refractivity contribution in [1.29, 1.82) is 0 Å². The summed E-state index contributed by atoms with van der Waals surface area (Å²) in [6.07, 6.45) is 2.26. The van der Waals surface area contributed by atoms with Gasteiger partial charge in [0.1, 0.15) is 0 Å². The lowest BCUT2D eigenvalue weighted by Gasteiger charge is -2.23. The van der Waals surface area contributed by atoms with Gasteiger partial charge in [-0.2, -0.15) is 0 Å². The second-order valence-electron chi connectivity index (χ2n) is 5.54. The summed E-state index contributed by atoms with van der Waals surface area (Å²) in [5.74, 6) is 0.698. The molecule has 1 aromatic rings. The minimum Gasteiger partial charge on any atom is -0.399 e. The maximum absolute atomic E-state index is 5.79. The molecule has 0 aromatic heterocycles. The average molecular weight is 264 g/mol. The minimum atomic E-state index is 0.698. The number of rotatable bonds is 9. The largest absolute Gasteiger partial charge is 0.399 e. The molecule has 0 spiro atoms. The third kappa shape index (κ3) is 7.19. The van der Waals surface area contributed by atoms with Crippen molar-refractivity contribution in [3.8, 4) is 0 Å². The highest BCUT2D eigenvalue weighted by atomic mass is 16.5. The number of ether oxygens (including phenoxy) is 1. The van der Waals surface area contributed by atoms with Gasteiger partial charge in [0.25, 0.3) is 0 Å². The third-order valence-corrected chi connectivity index (χ3v) is 3.13. The van der Waals surface area contributed by atoms with Crippen LogP contribution in [0.1, 0.15) is 25.8 Å². The number of anilines is 1. The topological polar surface area (TPSA) is 38.5 Å². The minimum absolute atomic E-state index is 0.698. The van der Waals surface area contributed by atoms with Gasteiger partial charge in [0, 0.05) is 25.9 Å². The van der Waals surface area contributed by atoms with Crippen molar-refractivity contribution in [3.63, 3.8) is 0 Å². The van der Waals surface area contributed by atoms with Crippen LogP contribution in [0.25, 0.3) is 0 Å². The van der Waals surface area contributed by atoms with Gasteiger partial charge >= 0.3 is 0 Å². The van der Waals surface area contributed by atoms with Crippen molar-refractivity contribution in [1.82, 2.24) is 4.90 Å². The van der Waals surface area contributed by atoms with E-state index in [2.05, 4.69) is 30.9 Å². The number of nitrogens with zero attached hydrogens (tertiary/aromatic N) is 1. The van der Waals surface area contributed by atoms with Crippen LogP contribution in [0.4, 0.5) is 5.69 Å². The van der Waals surface area contributed by atoms with Gasteiger partial charge < -0.3 is 15.4 Å². The molecule has 3 heteroatoms. The Morgan fingerprint density at radius 1 is 1.26 bits per heavy atom. The van der Waals surface area contributed by atoms with Gasteiger partial charge in [0.2, 0.25) is 0 Å². The van der Waals surface area contributed by atoms with Crippen LogP contribution in [-0.4, -0.2) is 38.3 Å². The summed E-state index contributed by atoms with van der Waals surface area (Å²) in [6, 6.07) is 8.19. The zero-order valence-electron chi connectivity index (χ0n) is 12.6. The first kappa shape index (κ1) is 16.0. The number of hydrogen-bond acceptors (Lipinski definition) is 3. The molecular formula is C16H28N2O. The number of nitrogen functional groups attached to an aromatic ring is 1. The van der Waals surface area contributed by atoms with Crippen molar-refractivity contribution >= 4 is 5.69 Å². The Bertz CT molecular complexity index is 352. The van der Waals surface area contributed by atoms with E-state index in [1.54, 1.807) is 7.11 Å². The SMILES string of the molecule is COCCN(CCCc1cccc(N)c1)CC(C)C. The molecule has 0 aliphatic rings. The molecule has 0 aliphatic carbocycles. The lowest BCUT2D eigenvalue weighted by Crippen LogP contribution is -2.32. The Kier molecular flexibility index (Phi) is 7.53. The van der Waals surface area contributed by atoms with E-state index in [1.807, 2.05) is 12.1 Å². The molecule has 0 unspecified atom stereocenters. The van der Waals surface area contributed by atoms with Crippen LogP contribution in [0.2, 0.25) is 0 Å². The van der Waals surface area contributed by atoms with E-state index in [-0.39, 0.29) is 0 Å². The highest BCUT2D eigenvalue weighted by molar-refractivity contribution is 5.40. The van der Waals surface area contributed by atoms with Crippen LogP contribution in [0.5, 0.6) is 0 Å². The second-order valence-corrected chi connectivity index (χ2v) is 5.54. The molecule has 108 valence electrons. The highest BCUT2D eigenvalue weighted by Crippen LogP contribution is 2.09. The molecule has 0 fully saturated rings. The third-order valence-electron chi connectivity index (χ3n) is 3.13. The first-order valence-electron chi connectivity index (χ1n) is 7.17. The van der Waals surface area contributed by atoms with Gasteiger partial charge in [-0.3, -0.25) is 0 Å². The summed E-state index contributed by atoms with van der Waals surface area (Å²) >= 11 is 0. The zero-order chi connectivity index (χ0) is 14.1. The molecule has 2 N–H and O–H groups in total. The monoisotopic (exact) mass is 264 g/mol. The van der Waals surface area contributed by atoms with Crippen molar-refractivity contribution in [2.24, 2.45) is 5.92 Å². The normalized spacial score (nSPS) is 11.4. The average Bonchev–Trinajstić information content (AvgIpc) is 2.35. The van der Waals surface area contributed by atoms with Crippen LogP contribution in [0, 0.1) is 5.92 Å². The summed E-state index contributed by atoms with van der Waals surface area (Å²) in [5, 5.41) is 0. The Morgan fingerprint density at radius 2 is 2.05 bits per heavy atom. The van der Waals surface area contributed by atoms with Crippen LogP contribution >= 0.6 is 0 Å². The van der Waals surface area contributed by atoms with Crippen LogP contribution < -0.4 is 5.73 Å². The molecule has 1 aromatic carbocycles. The molecular weight excluding hydrogens is 236 g/mol. The fraction of sp³-hybridized carbons (Fsp3) is 0.625. The molecule has 0 bridgehead atoms. The Morgan fingerprint density at radius 3 is 2.68 bits per heavy atom. The van der Waals surface area contributed by atoms with E-state index in [0.29, 0.717) is 5.92 Å². The molecule has 0 saturated carbocycles. The van der Waals surface area contributed by atoms with Crippen molar-refractivity contribution in [2.45, 2.75) is 26.7 Å². The number of methoxy groups -OCH3 is 1. The molecule has 3 nitrogen and oxygen atoms in total. The van der Waals surface area contributed by atoms with Crippen LogP contribution in [0.15, 0.2) is 24.3 Å². The van der Waals surface area contributed by atoms with E-state index < -0.39 is 0 Å². The van der Waals surface area contributed by atoms with E-state index in [1.165, 1.54) is 12.0 Å². The summed E-state index contributed by atoms with van der Waals surface area (Å²) in [5.41, 5.74) is 7.98. The molecule has 0 amide bonds. The Labute approximate surface area is 117 Å². The molecule has 0 saturated heterocycles. The molecule has 0 radical (unpaired) electrons. The highest BCUT2D eigenvalue weighted by Gasteiger charge is 2.07.